The molecule has 0 N–H and O–H groups in total. The van der Waals surface area contributed by atoms with Gasteiger partial charge in [0.1, 0.15) is 41.5 Å². The van der Waals surface area contributed by atoms with E-state index < -0.39 is 12.1 Å². The lowest BCUT2D eigenvalue weighted by Crippen LogP contribution is -2.31. The molecule has 0 radical (unpaired) electrons. The minimum absolute atomic E-state index is 0.244. The zero-order valence-corrected chi connectivity index (χ0v) is 19.0. The average Bonchev–Trinajstić information content (AvgIpc) is 2.87. The second-order valence-electron chi connectivity index (χ2n) is 7.50. The summed E-state index contributed by atoms with van der Waals surface area (Å²) in [4.78, 5) is 13.0. The van der Waals surface area contributed by atoms with E-state index in [1.54, 1.807) is 58.8 Å². The summed E-state index contributed by atoms with van der Waals surface area (Å²) in [6.07, 6.45) is 0.0299. The van der Waals surface area contributed by atoms with Crippen LogP contribution in [0.3, 0.4) is 0 Å². The second-order valence-corrected chi connectivity index (χ2v) is 7.50. The van der Waals surface area contributed by atoms with Crippen molar-refractivity contribution in [3.8, 4) is 39.9 Å². The van der Waals surface area contributed by atoms with E-state index in [1.165, 1.54) is 0 Å². The fraction of sp³-hybridized carbons (Fsp3) is 0.269. The molecule has 7 nitrogen and oxygen atoms in total. The number of carbonyl (C=O) groups excluding carboxylic acids is 1. The Morgan fingerprint density at radius 2 is 1.64 bits per heavy atom. The van der Waals surface area contributed by atoms with Gasteiger partial charge in [0.05, 0.1) is 34.0 Å². The molecule has 3 aromatic carbocycles. The Labute approximate surface area is 192 Å². The molecule has 0 saturated carbocycles. The van der Waals surface area contributed by atoms with E-state index in [4.69, 9.17) is 28.4 Å². The van der Waals surface area contributed by atoms with Crippen LogP contribution in [-0.2, 0) is 11.2 Å². The second kappa shape index (κ2) is 9.73. The van der Waals surface area contributed by atoms with Gasteiger partial charge in [0.15, 0.2) is 0 Å². The van der Waals surface area contributed by atoms with Crippen molar-refractivity contribution in [1.82, 2.24) is 0 Å². The van der Waals surface area contributed by atoms with Gasteiger partial charge in [-0.3, -0.25) is 0 Å². The summed E-state index contributed by atoms with van der Waals surface area (Å²) in [5, 5.41) is 0. The number of rotatable bonds is 7. The highest BCUT2D eigenvalue weighted by atomic mass is 16.6. The van der Waals surface area contributed by atoms with E-state index in [0.717, 1.165) is 16.7 Å². The quantitative estimate of drug-likeness (QED) is 0.489. The molecule has 3 aromatic rings. The number of esters is 1. The minimum atomic E-state index is -0.449. The molecule has 0 aliphatic carbocycles. The molecular weight excluding hydrogens is 424 g/mol. The Hall–Kier alpha value is -3.87. The van der Waals surface area contributed by atoms with Crippen molar-refractivity contribution < 1.29 is 33.2 Å². The number of fused-ring (bicyclic) bond motifs is 1. The summed E-state index contributed by atoms with van der Waals surface area (Å²) >= 11 is 0. The van der Waals surface area contributed by atoms with Gasteiger partial charge < -0.3 is 28.4 Å². The first kappa shape index (κ1) is 22.3. The minimum Gasteiger partial charge on any atom is -0.497 e. The zero-order chi connectivity index (χ0) is 23.4. The van der Waals surface area contributed by atoms with E-state index >= 15 is 0 Å². The summed E-state index contributed by atoms with van der Waals surface area (Å²) in [6, 6.07) is 16.4. The van der Waals surface area contributed by atoms with Gasteiger partial charge >= 0.3 is 5.97 Å². The lowest BCUT2D eigenvalue weighted by molar-refractivity contribution is 0.0128. The van der Waals surface area contributed by atoms with Crippen molar-refractivity contribution in [3.63, 3.8) is 0 Å². The number of ether oxygens (including phenoxy) is 6. The molecule has 0 fully saturated rings. The van der Waals surface area contributed by atoms with E-state index in [2.05, 4.69) is 0 Å². The monoisotopic (exact) mass is 450 g/mol. The van der Waals surface area contributed by atoms with Gasteiger partial charge in [0.25, 0.3) is 0 Å². The van der Waals surface area contributed by atoms with Gasteiger partial charge in [-0.2, -0.15) is 0 Å². The molecule has 172 valence electrons. The van der Waals surface area contributed by atoms with Crippen LogP contribution >= 0.6 is 0 Å². The molecule has 1 aliphatic heterocycles. The molecule has 4 rings (SSSR count). The molecule has 7 heteroatoms. The Morgan fingerprint density at radius 1 is 0.848 bits per heavy atom. The van der Waals surface area contributed by atoms with E-state index in [-0.39, 0.29) is 6.61 Å². The number of benzene rings is 3. The Balaban J connectivity index is 1.56. The molecule has 0 bridgehead atoms. The SMILES string of the molecule is COc1cccc(-c2cc(C(=O)OC3COc4cc(OC)cc(OC)c4C3)ccc2OC)c1. The predicted molar refractivity (Wildman–Crippen MR) is 123 cm³/mol. The molecule has 0 spiro atoms. The van der Waals surface area contributed by atoms with Crippen molar-refractivity contribution in [2.75, 3.05) is 35.0 Å². The van der Waals surface area contributed by atoms with Crippen LogP contribution in [0.1, 0.15) is 15.9 Å². The fourth-order valence-electron chi connectivity index (χ4n) is 3.84. The van der Waals surface area contributed by atoms with Crippen LogP contribution in [0.15, 0.2) is 54.6 Å². The number of hydrogen-bond donors (Lipinski definition) is 0. The van der Waals surface area contributed by atoms with Crippen LogP contribution in [0.25, 0.3) is 11.1 Å². The van der Waals surface area contributed by atoms with E-state index in [0.29, 0.717) is 40.7 Å². The normalized spacial score (nSPS) is 14.5. The van der Waals surface area contributed by atoms with Crippen LogP contribution in [0.4, 0.5) is 0 Å². The Kier molecular flexibility index (Phi) is 6.58. The van der Waals surface area contributed by atoms with Gasteiger partial charge in [-0.15, -0.1) is 0 Å². The highest BCUT2D eigenvalue weighted by molar-refractivity contribution is 5.92. The molecule has 0 saturated heterocycles. The van der Waals surface area contributed by atoms with Crippen molar-refractivity contribution >= 4 is 5.97 Å². The van der Waals surface area contributed by atoms with Crippen LogP contribution in [-0.4, -0.2) is 47.1 Å². The topological polar surface area (TPSA) is 72.5 Å². The third-order valence-corrected chi connectivity index (χ3v) is 5.54. The Bertz CT molecular complexity index is 1140. The molecule has 1 aliphatic rings. The average molecular weight is 450 g/mol. The summed E-state index contributed by atoms with van der Waals surface area (Å²) in [5.41, 5.74) is 2.90. The maximum atomic E-state index is 13.0. The fourth-order valence-corrected chi connectivity index (χ4v) is 3.84. The van der Waals surface area contributed by atoms with Crippen molar-refractivity contribution in [1.29, 1.82) is 0 Å². The highest BCUT2D eigenvalue weighted by Crippen LogP contribution is 2.38. The maximum absolute atomic E-state index is 13.0. The standard InChI is InChI=1S/C26H26O7/c1-28-18-7-5-6-16(10-18)21-11-17(8-9-23(21)30-3)26(27)33-20-12-22-24(31-4)13-19(29-2)14-25(22)32-15-20/h5-11,13-14,20H,12,15H2,1-4H3. The van der Waals surface area contributed by atoms with Crippen molar-refractivity contribution in [3.05, 3.63) is 65.7 Å². The first-order valence-electron chi connectivity index (χ1n) is 10.5. The van der Waals surface area contributed by atoms with Crippen LogP contribution in [0.5, 0.6) is 28.7 Å². The molecule has 33 heavy (non-hydrogen) atoms. The molecular formula is C26H26O7. The summed E-state index contributed by atoms with van der Waals surface area (Å²) in [6.45, 7) is 0.244. The van der Waals surface area contributed by atoms with Crippen LogP contribution in [0.2, 0.25) is 0 Å². The highest BCUT2D eigenvalue weighted by Gasteiger charge is 2.27. The van der Waals surface area contributed by atoms with Gasteiger partial charge in [-0.05, 0) is 35.9 Å². The van der Waals surface area contributed by atoms with Gasteiger partial charge in [0.2, 0.25) is 0 Å². The lowest BCUT2D eigenvalue weighted by Gasteiger charge is -2.27. The molecule has 1 heterocycles. The van der Waals surface area contributed by atoms with Gasteiger partial charge in [-0.1, -0.05) is 12.1 Å². The van der Waals surface area contributed by atoms with Crippen LogP contribution in [0, 0.1) is 0 Å². The number of carbonyl (C=O) groups is 1. The smallest absolute Gasteiger partial charge is 0.338 e. The summed E-state index contributed by atoms with van der Waals surface area (Å²) in [5.74, 6) is 2.87. The maximum Gasteiger partial charge on any atom is 0.338 e. The third-order valence-electron chi connectivity index (χ3n) is 5.54. The predicted octanol–water partition coefficient (Wildman–Crippen LogP) is 4.55. The van der Waals surface area contributed by atoms with Gasteiger partial charge in [-0.25, -0.2) is 4.79 Å². The summed E-state index contributed by atoms with van der Waals surface area (Å²) < 4.78 is 33.2. The van der Waals surface area contributed by atoms with E-state index in [1.807, 2.05) is 24.3 Å². The third kappa shape index (κ3) is 4.67. The number of hydrogen-bond acceptors (Lipinski definition) is 7. The largest absolute Gasteiger partial charge is 0.497 e. The zero-order valence-electron chi connectivity index (χ0n) is 19.0. The van der Waals surface area contributed by atoms with Crippen LogP contribution < -0.4 is 23.7 Å². The van der Waals surface area contributed by atoms with Crippen molar-refractivity contribution in [2.24, 2.45) is 0 Å². The van der Waals surface area contributed by atoms with Gasteiger partial charge in [0, 0.05) is 29.7 Å². The molecule has 0 amide bonds. The molecule has 0 aromatic heterocycles. The lowest BCUT2D eigenvalue weighted by atomic mass is 10.0. The van der Waals surface area contributed by atoms with Crippen molar-refractivity contribution in [2.45, 2.75) is 12.5 Å². The first-order valence-corrected chi connectivity index (χ1v) is 10.5. The molecule has 1 atom stereocenters. The summed E-state index contributed by atoms with van der Waals surface area (Å²) in [7, 11) is 6.38. The molecule has 1 unspecified atom stereocenters. The van der Waals surface area contributed by atoms with E-state index in [9.17, 15) is 4.79 Å². The number of methoxy groups -OCH3 is 4. The first-order chi connectivity index (χ1) is 16.1. The Morgan fingerprint density at radius 3 is 2.36 bits per heavy atom.